The van der Waals surface area contributed by atoms with Crippen LogP contribution in [0, 0.1) is 0 Å². The van der Waals surface area contributed by atoms with Crippen molar-refractivity contribution in [2.24, 2.45) is 0 Å². The van der Waals surface area contributed by atoms with Crippen molar-refractivity contribution in [1.82, 2.24) is 4.98 Å². The van der Waals surface area contributed by atoms with Crippen molar-refractivity contribution in [2.45, 2.75) is 12.7 Å². The molecule has 0 aliphatic rings. The van der Waals surface area contributed by atoms with Gasteiger partial charge in [-0.15, -0.1) is 11.3 Å². The Morgan fingerprint density at radius 2 is 2.32 bits per heavy atom. The number of thiazole rings is 1. The smallest absolute Gasteiger partial charge is 0.162 e. The number of hydrogen-bond donors (Lipinski definition) is 0. The molecule has 0 fully saturated rings. The van der Waals surface area contributed by atoms with Crippen LogP contribution in [0.15, 0.2) is 28.2 Å². The fourth-order valence-electron chi connectivity index (χ4n) is 1.51. The Bertz CT molecular complexity index is 601. The maximum atomic E-state index is 11.8. The first kappa shape index (κ1) is 14.2. The van der Waals surface area contributed by atoms with E-state index in [9.17, 15) is 8.42 Å². The molecule has 0 aliphatic heterocycles. The van der Waals surface area contributed by atoms with Gasteiger partial charge in [0, 0.05) is 12.0 Å². The van der Waals surface area contributed by atoms with Gasteiger partial charge in [0.05, 0.1) is 30.1 Å². The van der Waals surface area contributed by atoms with Gasteiger partial charge in [-0.25, -0.2) is 13.4 Å². The SMILES string of the molecule is CCOCCS(=O)(=O)Cc1csc(-c2ccco2)n1. The van der Waals surface area contributed by atoms with Gasteiger partial charge in [0.25, 0.3) is 0 Å². The zero-order valence-corrected chi connectivity index (χ0v) is 12.2. The molecule has 0 spiro atoms. The van der Waals surface area contributed by atoms with Crippen molar-refractivity contribution in [3.8, 4) is 10.8 Å². The fraction of sp³-hybridized carbons (Fsp3) is 0.417. The van der Waals surface area contributed by atoms with Crippen LogP contribution in [0.2, 0.25) is 0 Å². The summed E-state index contributed by atoms with van der Waals surface area (Å²) in [6, 6.07) is 3.57. The number of rotatable bonds is 7. The van der Waals surface area contributed by atoms with Crippen molar-refractivity contribution in [3.63, 3.8) is 0 Å². The Morgan fingerprint density at radius 1 is 1.47 bits per heavy atom. The normalized spacial score (nSPS) is 11.8. The fourth-order valence-corrected chi connectivity index (χ4v) is 3.52. The van der Waals surface area contributed by atoms with Crippen molar-refractivity contribution >= 4 is 21.2 Å². The van der Waals surface area contributed by atoms with Gasteiger partial charge in [-0.3, -0.25) is 0 Å². The molecule has 0 aromatic carbocycles. The molecule has 0 N–H and O–H groups in total. The summed E-state index contributed by atoms with van der Waals surface area (Å²) in [5.74, 6) is 0.620. The van der Waals surface area contributed by atoms with E-state index in [1.165, 1.54) is 11.3 Å². The molecule has 0 atom stereocenters. The number of ether oxygens (including phenoxy) is 1. The molecule has 2 aromatic heterocycles. The highest BCUT2D eigenvalue weighted by Crippen LogP contribution is 2.24. The molecule has 5 nitrogen and oxygen atoms in total. The van der Waals surface area contributed by atoms with Crippen LogP contribution >= 0.6 is 11.3 Å². The lowest BCUT2D eigenvalue weighted by Crippen LogP contribution is -2.14. The van der Waals surface area contributed by atoms with Crippen LogP contribution in [0.25, 0.3) is 10.8 Å². The van der Waals surface area contributed by atoms with Gasteiger partial charge in [0.2, 0.25) is 0 Å². The van der Waals surface area contributed by atoms with E-state index in [1.807, 2.05) is 6.92 Å². The summed E-state index contributed by atoms with van der Waals surface area (Å²) in [5, 5.41) is 2.44. The third-order valence-corrected chi connectivity index (χ3v) is 4.82. The van der Waals surface area contributed by atoms with Gasteiger partial charge in [-0.2, -0.15) is 0 Å². The maximum Gasteiger partial charge on any atom is 0.162 e. The lowest BCUT2D eigenvalue weighted by atomic mass is 10.5. The molecule has 0 amide bonds. The Kier molecular flexibility index (Phi) is 4.73. The molecule has 0 radical (unpaired) electrons. The van der Waals surface area contributed by atoms with Crippen LogP contribution < -0.4 is 0 Å². The van der Waals surface area contributed by atoms with Gasteiger partial charge in [-0.1, -0.05) is 0 Å². The zero-order chi connectivity index (χ0) is 13.7. The van der Waals surface area contributed by atoms with Crippen LogP contribution in [0.1, 0.15) is 12.6 Å². The summed E-state index contributed by atoms with van der Waals surface area (Å²) in [5.41, 5.74) is 0.549. The molecule has 7 heteroatoms. The standard InChI is InChI=1S/C12H15NO4S2/c1-2-16-6-7-19(14,15)9-10-8-18-12(13-10)11-4-3-5-17-11/h3-5,8H,2,6-7,9H2,1H3. The molecule has 2 rings (SSSR count). The minimum absolute atomic E-state index is 0.0223. The van der Waals surface area contributed by atoms with Gasteiger partial charge < -0.3 is 9.15 Å². The second-order valence-corrected chi connectivity index (χ2v) is 6.95. The predicted molar refractivity (Wildman–Crippen MR) is 73.8 cm³/mol. The molecule has 0 saturated heterocycles. The molecule has 0 aliphatic carbocycles. The van der Waals surface area contributed by atoms with Crippen LogP contribution in [-0.2, 0) is 20.3 Å². The molecule has 19 heavy (non-hydrogen) atoms. The van der Waals surface area contributed by atoms with Crippen LogP contribution in [0.3, 0.4) is 0 Å². The average molecular weight is 301 g/mol. The van der Waals surface area contributed by atoms with Gasteiger partial charge >= 0.3 is 0 Å². The first-order chi connectivity index (χ1) is 9.11. The second-order valence-electron chi connectivity index (χ2n) is 3.91. The number of sulfone groups is 1. The largest absolute Gasteiger partial charge is 0.462 e. The number of aromatic nitrogens is 1. The van der Waals surface area contributed by atoms with Gasteiger partial charge in [0.1, 0.15) is 0 Å². The summed E-state index contributed by atoms with van der Waals surface area (Å²) >= 11 is 1.38. The van der Waals surface area contributed by atoms with E-state index in [0.29, 0.717) is 23.1 Å². The first-order valence-electron chi connectivity index (χ1n) is 5.87. The second kappa shape index (κ2) is 6.31. The van der Waals surface area contributed by atoms with E-state index in [2.05, 4.69) is 4.98 Å². The third kappa shape index (κ3) is 4.15. The highest BCUT2D eigenvalue weighted by atomic mass is 32.2. The molecule has 2 aromatic rings. The van der Waals surface area contributed by atoms with Crippen molar-refractivity contribution in [2.75, 3.05) is 19.0 Å². The lowest BCUT2D eigenvalue weighted by molar-refractivity contribution is 0.163. The number of nitrogens with zero attached hydrogens (tertiary/aromatic N) is 1. The van der Waals surface area contributed by atoms with Crippen molar-refractivity contribution in [3.05, 3.63) is 29.5 Å². The zero-order valence-electron chi connectivity index (χ0n) is 10.5. The number of furan rings is 1. The quantitative estimate of drug-likeness (QED) is 0.734. The lowest BCUT2D eigenvalue weighted by Gasteiger charge is -2.02. The summed E-state index contributed by atoms with van der Waals surface area (Å²) in [6.07, 6.45) is 1.56. The van der Waals surface area contributed by atoms with E-state index < -0.39 is 9.84 Å². The average Bonchev–Trinajstić information content (AvgIpc) is 2.98. The highest BCUT2D eigenvalue weighted by molar-refractivity contribution is 7.90. The molecule has 0 bridgehead atoms. The van der Waals surface area contributed by atoms with E-state index in [4.69, 9.17) is 9.15 Å². The molecular formula is C12H15NO4S2. The van der Waals surface area contributed by atoms with E-state index in [1.54, 1.807) is 23.8 Å². The van der Waals surface area contributed by atoms with E-state index in [0.717, 1.165) is 0 Å². The molecule has 0 saturated carbocycles. The molecule has 2 heterocycles. The van der Waals surface area contributed by atoms with E-state index in [-0.39, 0.29) is 18.1 Å². The summed E-state index contributed by atoms with van der Waals surface area (Å²) in [6.45, 7) is 2.59. The van der Waals surface area contributed by atoms with E-state index >= 15 is 0 Å². The topological polar surface area (TPSA) is 69.4 Å². The monoisotopic (exact) mass is 301 g/mol. The molecule has 104 valence electrons. The predicted octanol–water partition coefficient (Wildman–Crippen LogP) is 2.35. The van der Waals surface area contributed by atoms with Crippen LogP contribution in [0.4, 0.5) is 0 Å². The van der Waals surface area contributed by atoms with Crippen molar-refractivity contribution in [1.29, 1.82) is 0 Å². The molecular weight excluding hydrogens is 286 g/mol. The Morgan fingerprint density at radius 3 is 3.00 bits per heavy atom. The minimum Gasteiger partial charge on any atom is -0.462 e. The molecule has 0 unspecified atom stereocenters. The first-order valence-corrected chi connectivity index (χ1v) is 8.57. The minimum atomic E-state index is -3.17. The Hall–Kier alpha value is -1.18. The van der Waals surface area contributed by atoms with Crippen LogP contribution in [0.5, 0.6) is 0 Å². The van der Waals surface area contributed by atoms with Crippen molar-refractivity contribution < 1.29 is 17.6 Å². The van der Waals surface area contributed by atoms with Gasteiger partial charge in [-0.05, 0) is 19.1 Å². The number of hydrogen-bond acceptors (Lipinski definition) is 6. The Labute approximate surface area is 116 Å². The summed E-state index contributed by atoms with van der Waals surface area (Å²) in [7, 11) is -3.17. The summed E-state index contributed by atoms with van der Waals surface area (Å²) < 4.78 is 33.9. The maximum absolute atomic E-state index is 11.8. The highest BCUT2D eigenvalue weighted by Gasteiger charge is 2.15. The Balaban J connectivity index is 2.00. The third-order valence-electron chi connectivity index (χ3n) is 2.39. The van der Waals surface area contributed by atoms with Crippen LogP contribution in [-0.4, -0.2) is 32.4 Å². The van der Waals surface area contributed by atoms with Gasteiger partial charge in [0.15, 0.2) is 20.6 Å². The summed E-state index contributed by atoms with van der Waals surface area (Å²) in [4.78, 5) is 4.27.